The average molecular weight is 412 g/mol. The number of hydrazine groups is 1. The van der Waals surface area contributed by atoms with Gasteiger partial charge >= 0.3 is 11.0 Å². The van der Waals surface area contributed by atoms with Crippen molar-refractivity contribution in [3.05, 3.63) is 4.13 Å². The lowest BCUT2D eigenvalue weighted by atomic mass is 10.5. The first kappa shape index (κ1) is 25.1. The van der Waals surface area contributed by atoms with Gasteiger partial charge in [0, 0.05) is 0 Å². The Morgan fingerprint density at radius 1 is 0.958 bits per heavy atom. The largest absolute Gasteiger partial charge is 0.480 e. The summed E-state index contributed by atoms with van der Waals surface area (Å²) in [6.45, 7) is 0.413. The molecule has 0 atom stereocenters. The molecule has 17 heteroatoms. The number of sulfonamides is 2. The smallest absolute Gasteiger partial charge is 0.421 e. The fraction of sp³-hybridized carbons (Fsp3) is 0.857. The standard InChI is InChI=1S/C5H13N3O.C2F6NO4S2/c1-8(2,3)4-5(9)7-6;3-1(4,5)14(10,11)9-15(12,13)2(6,7)8/h4,6H2,1-3H3;/q;-1/p+1. The lowest BCUT2D eigenvalue weighted by Crippen LogP contribution is -2.46. The molecular formula is C7H14F6N4O5S2. The first-order valence-electron chi connectivity index (χ1n) is 5.33. The molecule has 0 radical (unpaired) electrons. The molecule has 0 bridgehead atoms. The van der Waals surface area contributed by atoms with Gasteiger partial charge in [0.2, 0.25) is 0 Å². The van der Waals surface area contributed by atoms with Crippen molar-refractivity contribution in [3.8, 4) is 0 Å². The quantitative estimate of drug-likeness (QED) is 0.215. The van der Waals surface area contributed by atoms with E-state index in [1.165, 1.54) is 0 Å². The van der Waals surface area contributed by atoms with E-state index >= 15 is 0 Å². The van der Waals surface area contributed by atoms with Gasteiger partial charge in [-0.1, -0.05) is 0 Å². The number of carbonyl (C=O) groups excluding carboxylic acids is 1. The van der Waals surface area contributed by atoms with Gasteiger partial charge in [-0.25, -0.2) is 22.7 Å². The van der Waals surface area contributed by atoms with Crippen LogP contribution in [-0.4, -0.2) is 65.9 Å². The van der Waals surface area contributed by atoms with Crippen molar-refractivity contribution in [2.75, 3.05) is 27.7 Å². The summed E-state index contributed by atoms with van der Waals surface area (Å²) in [6, 6.07) is 0. The summed E-state index contributed by atoms with van der Waals surface area (Å²) in [6.07, 6.45) is 0. The zero-order valence-corrected chi connectivity index (χ0v) is 13.9. The predicted octanol–water partition coefficient (Wildman–Crippen LogP) is -0.258. The molecule has 0 aromatic rings. The zero-order chi connectivity index (χ0) is 20.2. The monoisotopic (exact) mass is 412 g/mol. The summed E-state index contributed by atoms with van der Waals surface area (Å²) < 4.78 is 110. The van der Waals surface area contributed by atoms with Gasteiger partial charge in [-0.05, 0) is 0 Å². The van der Waals surface area contributed by atoms with Gasteiger partial charge in [-0.15, -0.1) is 0 Å². The topological polar surface area (TPSA) is 137 Å². The Bertz CT molecular complexity index is 592. The second kappa shape index (κ2) is 7.81. The van der Waals surface area contributed by atoms with E-state index in [0.717, 1.165) is 4.13 Å². The highest BCUT2D eigenvalue weighted by molar-refractivity contribution is 8.13. The van der Waals surface area contributed by atoms with Crippen molar-refractivity contribution in [3.63, 3.8) is 0 Å². The van der Waals surface area contributed by atoms with Crippen LogP contribution in [0.1, 0.15) is 0 Å². The fourth-order valence-electron chi connectivity index (χ4n) is 0.690. The SMILES string of the molecule is C[N+](C)(C)CC(=O)NN.O=S(=O)([N-]S(=O)(=O)C(F)(F)F)C(F)(F)F. The number of nitrogens with zero attached hydrogens (tertiary/aromatic N) is 2. The maximum atomic E-state index is 11.4. The first-order valence-corrected chi connectivity index (χ1v) is 8.21. The number of hydrogen-bond acceptors (Lipinski definition) is 6. The van der Waals surface area contributed by atoms with Crippen LogP contribution in [0.3, 0.4) is 0 Å². The summed E-state index contributed by atoms with van der Waals surface area (Å²) in [5.74, 6) is 4.73. The molecule has 0 aliphatic heterocycles. The highest BCUT2D eigenvalue weighted by Gasteiger charge is 2.46. The molecule has 9 nitrogen and oxygen atoms in total. The molecule has 0 spiro atoms. The van der Waals surface area contributed by atoms with Gasteiger partial charge in [0.05, 0.1) is 21.1 Å². The molecule has 0 aliphatic rings. The predicted molar refractivity (Wildman–Crippen MR) is 68.5 cm³/mol. The Morgan fingerprint density at radius 3 is 1.38 bits per heavy atom. The van der Waals surface area contributed by atoms with Gasteiger partial charge in [0.25, 0.3) is 5.91 Å². The minimum absolute atomic E-state index is 0.137. The molecule has 0 aliphatic carbocycles. The van der Waals surface area contributed by atoms with Gasteiger partial charge in [-0.3, -0.25) is 10.2 Å². The Morgan fingerprint density at radius 2 is 1.25 bits per heavy atom. The van der Waals surface area contributed by atoms with Gasteiger partial charge < -0.3 is 8.61 Å². The third-order valence-electron chi connectivity index (χ3n) is 1.56. The van der Waals surface area contributed by atoms with Gasteiger partial charge in [0.15, 0.2) is 26.6 Å². The lowest BCUT2D eigenvalue weighted by molar-refractivity contribution is -0.862. The maximum absolute atomic E-state index is 11.4. The Labute approximate surface area is 133 Å². The van der Waals surface area contributed by atoms with Gasteiger partial charge in [-0.2, -0.15) is 26.3 Å². The third-order valence-corrected chi connectivity index (χ3v) is 4.30. The minimum atomic E-state index is -6.72. The normalized spacial score (nSPS) is 13.8. The highest BCUT2D eigenvalue weighted by Crippen LogP contribution is 2.36. The molecule has 146 valence electrons. The van der Waals surface area contributed by atoms with Crippen LogP contribution in [0.25, 0.3) is 4.13 Å². The van der Waals surface area contributed by atoms with Crippen molar-refractivity contribution >= 4 is 26.0 Å². The Kier molecular flexibility index (Phi) is 8.16. The molecule has 0 fully saturated rings. The number of rotatable bonds is 4. The molecule has 0 unspecified atom stereocenters. The molecule has 3 N–H and O–H groups in total. The molecule has 0 saturated heterocycles. The van der Waals surface area contributed by atoms with Crippen LogP contribution < -0.4 is 11.3 Å². The van der Waals surface area contributed by atoms with E-state index in [1.807, 2.05) is 21.1 Å². The number of nitrogens with one attached hydrogen (secondary N) is 1. The van der Waals surface area contributed by atoms with Crippen LogP contribution in [0.2, 0.25) is 0 Å². The van der Waals surface area contributed by atoms with Crippen molar-refractivity contribution in [1.29, 1.82) is 0 Å². The second-order valence-electron chi connectivity index (χ2n) is 4.93. The van der Waals surface area contributed by atoms with E-state index in [2.05, 4.69) is 5.43 Å². The van der Waals surface area contributed by atoms with E-state index in [4.69, 9.17) is 5.84 Å². The summed E-state index contributed by atoms with van der Waals surface area (Å²) in [5, 5.41) is 0. The van der Waals surface area contributed by atoms with Crippen LogP contribution in [0, 0.1) is 0 Å². The number of halogens is 6. The number of nitrogens with two attached hydrogens (primary N) is 1. The van der Waals surface area contributed by atoms with Crippen molar-refractivity contribution in [1.82, 2.24) is 5.43 Å². The number of hydrogen-bond donors (Lipinski definition) is 2. The van der Waals surface area contributed by atoms with Crippen molar-refractivity contribution in [2.45, 2.75) is 11.0 Å². The van der Waals surface area contributed by atoms with E-state index in [1.54, 1.807) is 0 Å². The van der Waals surface area contributed by atoms with E-state index in [0.29, 0.717) is 11.0 Å². The van der Waals surface area contributed by atoms with E-state index < -0.39 is 31.1 Å². The molecule has 0 rings (SSSR count). The van der Waals surface area contributed by atoms with Crippen LogP contribution >= 0.6 is 0 Å². The lowest BCUT2D eigenvalue weighted by Gasteiger charge is -2.22. The van der Waals surface area contributed by atoms with Crippen LogP contribution in [-0.2, 0) is 24.8 Å². The van der Waals surface area contributed by atoms with Crippen LogP contribution in [0.15, 0.2) is 0 Å². The number of carbonyl (C=O) groups is 1. The number of likely N-dealkylation sites (N-methyl/N-ethyl adjacent to an activating group) is 1. The number of alkyl halides is 6. The molecule has 1 amide bonds. The summed E-state index contributed by atoms with van der Waals surface area (Å²) in [7, 11) is -7.67. The number of amides is 1. The van der Waals surface area contributed by atoms with Crippen molar-refractivity contribution < 1.29 is 52.5 Å². The Hall–Kier alpha value is -1.17. The molecule has 0 aromatic carbocycles. The maximum Gasteiger partial charge on any atom is 0.480 e. The number of quaternary nitrogens is 1. The van der Waals surface area contributed by atoms with E-state index in [-0.39, 0.29) is 5.91 Å². The van der Waals surface area contributed by atoms with Crippen molar-refractivity contribution in [2.24, 2.45) is 5.84 Å². The first-order chi connectivity index (χ1) is 10.2. The molecule has 0 aromatic heterocycles. The van der Waals surface area contributed by atoms with E-state index in [9.17, 15) is 48.0 Å². The van der Waals surface area contributed by atoms with Gasteiger partial charge in [0.1, 0.15) is 0 Å². The molecule has 0 heterocycles. The Balaban J connectivity index is 0. The van der Waals surface area contributed by atoms with Crippen LogP contribution in [0.4, 0.5) is 26.3 Å². The molecular weight excluding hydrogens is 398 g/mol. The molecule has 24 heavy (non-hydrogen) atoms. The second-order valence-corrected chi connectivity index (χ2v) is 8.35. The fourth-order valence-corrected chi connectivity index (χ4v) is 2.40. The average Bonchev–Trinajstić information content (AvgIpc) is 2.22. The highest BCUT2D eigenvalue weighted by atomic mass is 32.3. The van der Waals surface area contributed by atoms with Crippen LogP contribution in [0.5, 0.6) is 0 Å². The molecule has 0 saturated carbocycles. The zero-order valence-electron chi connectivity index (χ0n) is 12.3. The summed E-state index contributed by atoms with van der Waals surface area (Å²) in [4.78, 5) is 10.6. The summed E-state index contributed by atoms with van der Waals surface area (Å²) in [5.41, 5.74) is -10.3. The minimum Gasteiger partial charge on any atom is -0.421 e. The third kappa shape index (κ3) is 9.21. The summed E-state index contributed by atoms with van der Waals surface area (Å²) >= 11 is 0.